The summed E-state index contributed by atoms with van der Waals surface area (Å²) in [6, 6.07) is 4.78. The maximum atomic E-state index is 13.2. The number of likely N-dealkylation sites (tertiary alicyclic amines) is 1. The normalized spacial score (nSPS) is 22.4. The van der Waals surface area contributed by atoms with Gasteiger partial charge in [0.2, 0.25) is 17.7 Å². The lowest BCUT2D eigenvalue weighted by molar-refractivity contribution is -0.147. The Hall–Kier alpha value is -2.54. The molecule has 2 aliphatic rings. The van der Waals surface area contributed by atoms with Gasteiger partial charge < -0.3 is 5.32 Å². The highest BCUT2D eigenvalue weighted by Gasteiger charge is 2.51. The molecule has 1 saturated heterocycles. The molecule has 6 nitrogen and oxygen atoms in total. The van der Waals surface area contributed by atoms with Crippen molar-refractivity contribution in [2.24, 2.45) is 17.8 Å². The first-order valence-electron chi connectivity index (χ1n) is 10.0. The Labute approximate surface area is 174 Å². The molecule has 3 unspecified atom stereocenters. The first kappa shape index (κ1) is 19.8. The number of allylic oxidation sites excluding steroid dienone is 2. The molecule has 152 valence electrons. The van der Waals surface area contributed by atoms with Gasteiger partial charge in [-0.05, 0) is 50.3 Å². The van der Waals surface area contributed by atoms with E-state index in [1.807, 2.05) is 51.1 Å². The van der Waals surface area contributed by atoms with E-state index in [0.717, 1.165) is 15.2 Å². The van der Waals surface area contributed by atoms with Crippen molar-refractivity contribution in [3.05, 3.63) is 35.4 Å². The molecule has 1 N–H and O–H groups in total. The third-order valence-corrected chi connectivity index (χ3v) is 6.55. The van der Waals surface area contributed by atoms with Crippen LogP contribution in [0.3, 0.4) is 0 Å². The van der Waals surface area contributed by atoms with Gasteiger partial charge >= 0.3 is 0 Å². The van der Waals surface area contributed by atoms with Gasteiger partial charge in [-0.25, -0.2) is 4.98 Å². The molecule has 7 heteroatoms. The van der Waals surface area contributed by atoms with Crippen LogP contribution in [0.25, 0.3) is 10.2 Å². The summed E-state index contributed by atoms with van der Waals surface area (Å²) in [4.78, 5) is 44.9. The summed E-state index contributed by atoms with van der Waals surface area (Å²) in [5.74, 6) is -1.22. The van der Waals surface area contributed by atoms with Crippen LogP contribution in [-0.4, -0.2) is 33.6 Å². The number of carbonyl (C=O) groups excluding carboxylic acids is 3. The Morgan fingerprint density at radius 2 is 1.86 bits per heavy atom. The van der Waals surface area contributed by atoms with Gasteiger partial charge in [0.1, 0.15) is 6.04 Å². The summed E-state index contributed by atoms with van der Waals surface area (Å²) < 4.78 is 0.992. The molecule has 3 atom stereocenters. The molecule has 1 aromatic heterocycles. The SMILES string of the molecule is Cc1nc2ccc(NC(=O)C(CC(C)C)N3C(=O)C4CC=CCC4C3=O)cc2s1. The number of imide groups is 1. The number of carbonyl (C=O) groups is 3. The molecular weight excluding hydrogens is 386 g/mol. The molecule has 1 aliphatic carbocycles. The maximum Gasteiger partial charge on any atom is 0.247 e. The fourth-order valence-corrected chi connectivity index (χ4v) is 5.12. The minimum Gasteiger partial charge on any atom is -0.324 e. The van der Waals surface area contributed by atoms with Gasteiger partial charge in [0, 0.05) is 5.69 Å². The predicted octanol–water partition coefficient (Wildman–Crippen LogP) is 3.91. The summed E-state index contributed by atoms with van der Waals surface area (Å²) in [5.41, 5.74) is 1.55. The topological polar surface area (TPSA) is 79.4 Å². The number of thiazole rings is 1. The lowest BCUT2D eigenvalue weighted by Gasteiger charge is -2.27. The molecule has 0 radical (unpaired) electrons. The van der Waals surface area contributed by atoms with Gasteiger partial charge in [0.25, 0.3) is 0 Å². The zero-order valence-corrected chi connectivity index (χ0v) is 17.7. The highest BCUT2D eigenvalue weighted by atomic mass is 32.1. The quantitative estimate of drug-likeness (QED) is 0.598. The van der Waals surface area contributed by atoms with Crippen molar-refractivity contribution in [2.45, 2.75) is 46.1 Å². The monoisotopic (exact) mass is 411 g/mol. The average molecular weight is 412 g/mol. The van der Waals surface area contributed by atoms with Crippen LogP contribution in [0.5, 0.6) is 0 Å². The van der Waals surface area contributed by atoms with E-state index in [9.17, 15) is 14.4 Å². The van der Waals surface area contributed by atoms with E-state index in [4.69, 9.17) is 0 Å². The Bertz CT molecular complexity index is 984. The van der Waals surface area contributed by atoms with E-state index < -0.39 is 6.04 Å². The first-order chi connectivity index (χ1) is 13.8. The van der Waals surface area contributed by atoms with Gasteiger partial charge in [0.05, 0.1) is 27.1 Å². The molecule has 4 rings (SSSR count). The first-order valence-corrected chi connectivity index (χ1v) is 10.9. The highest BCUT2D eigenvalue weighted by Crippen LogP contribution is 2.37. The number of aromatic nitrogens is 1. The molecule has 2 heterocycles. The summed E-state index contributed by atoms with van der Waals surface area (Å²) in [6.45, 7) is 5.93. The smallest absolute Gasteiger partial charge is 0.247 e. The number of fused-ring (bicyclic) bond motifs is 2. The van der Waals surface area contributed by atoms with Crippen molar-refractivity contribution < 1.29 is 14.4 Å². The van der Waals surface area contributed by atoms with Crippen LogP contribution in [0.15, 0.2) is 30.4 Å². The lowest BCUT2D eigenvalue weighted by atomic mass is 9.85. The fraction of sp³-hybridized carbons (Fsp3) is 0.455. The van der Waals surface area contributed by atoms with Crippen molar-refractivity contribution in [2.75, 3.05) is 5.32 Å². The molecule has 29 heavy (non-hydrogen) atoms. The van der Waals surface area contributed by atoms with Gasteiger partial charge in [-0.3, -0.25) is 19.3 Å². The van der Waals surface area contributed by atoms with Crippen LogP contribution < -0.4 is 5.32 Å². The lowest BCUT2D eigenvalue weighted by Crippen LogP contribution is -2.48. The number of amides is 3. The number of hydrogen-bond acceptors (Lipinski definition) is 5. The summed E-state index contributed by atoms with van der Waals surface area (Å²) in [6.07, 6.45) is 5.50. The fourth-order valence-electron chi connectivity index (χ4n) is 4.25. The van der Waals surface area contributed by atoms with E-state index in [2.05, 4.69) is 10.3 Å². The van der Waals surface area contributed by atoms with E-state index in [1.54, 1.807) is 11.3 Å². The molecule has 0 spiro atoms. The molecule has 2 aromatic rings. The molecular formula is C22H25N3O3S. The zero-order valence-electron chi connectivity index (χ0n) is 16.8. The third kappa shape index (κ3) is 3.71. The second-order valence-electron chi connectivity index (χ2n) is 8.25. The zero-order chi connectivity index (χ0) is 20.7. The van der Waals surface area contributed by atoms with Crippen LogP contribution >= 0.6 is 11.3 Å². The average Bonchev–Trinajstić information content (AvgIpc) is 3.16. The van der Waals surface area contributed by atoms with Crippen LogP contribution in [0, 0.1) is 24.7 Å². The number of anilines is 1. The number of aryl methyl sites for hydroxylation is 1. The van der Waals surface area contributed by atoms with Gasteiger partial charge in [-0.1, -0.05) is 26.0 Å². The Balaban J connectivity index is 1.59. The van der Waals surface area contributed by atoms with E-state index >= 15 is 0 Å². The Morgan fingerprint density at radius 1 is 1.21 bits per heavy atom. The van der Waals surface area contributed by atoms with Crippen LogP contribution in [0.2, 0.25) is 0 Å². The van der Waals surface area contributed by atoms with Crippen molar-refractivity contribution in [1.29, 1.82) is 0 Å². The second-order valence-corrected chi connectivity index (χ2v) is 9.49. The standard InChI is InChI=1S/C22H25N3O3S/c1-12(2)10-18(25-21(27)15-6-4-5-7-16(15)22(25)28)20(26)24-14-8-9-17-19(11-14)29-13(3)23-17/h4-5,8-9,11-12,15-16,18H,6-7,10H2,1-3H3,(H,24,26). The number of nitrogens with one attached hydrogen (secondary N) is 1. The van der Waals surface area contributed by atoms with Crippen molar-refractivity contribution in [1.82, 2.24) is 9.88 Å². The summed E-state index contributed by atoms with van der Waals surface area (Å²) in [7, 11) is 0. The van der Waals surface area contributed by atoms with E-state index in [-0.39, 0.29) is 35.5 Å². The minimum absolute atomic E-state index is 0.165. The molecule has 0 saturated carbocycles. The molecule has 3 amide bonds. The van der Waals surface area contributed by atoms with Crippen LogP contribution in [0.1, 0.15) is 38.1 Å². The van der Waals surface area contributed by atoms with Crippen molar-refractivity contribution in [3.63, 3.8) is 0 Å². The van der Waals surface area contributed by atoms with E-state index in [1.165, 1.54) is 4.90 Å². The Morgan fingerprint density at radius 3 is 2.48 bits per heavy atom. The van der Waals surface area contributed by atoms with Gasteiger partial charge in [-0.15, -0.1) is 11.3 Å². The second kappa shape index (κ2) is 7.71. The number of benzene rings is 1. The minimum atomic E-state index is -0.792. The number of hydrogen-bond donors (Lipinski definition) is 1. The number of rotatable bonds is 5. The van der Waals surface area contributed by atoms with Gasteiger partial charge in [0.15, 0.2) is 0 Å². The maximum absolute atomic E-state index is 13.2. The van der Waals surface area contributed by atoms with E-state index in [0.29, 0.717) is 24.9 Å². The van der Waals surface area contributed by atoms with Crippen LogP contribution in [0.4, 0.5) is 5.69 Å². The van der Waals surface area contributed by atoms with Crippen molar-refractivity contribution in [3.8, 4) is 0 Å². The largest absolute Gasteiger partial charge is 0.324 e. The Kier molecular flexibility index (Phi) is 5.25. The molecule has 1 aromatic carbocycles. The summed E-state index contributed by atoms with van der Waals surface area (Å²) in [5, 5.41) is 3.89. The van der Waals surface area contributed by atoms with Crippen LogP contribution in [-0.2, 0) is 14.4 Å². The highest BCUT2D eigenvalue weighted by molar-refractivity contribution is 7.18. The number of nitrogens with zero attached hydrogens (tertiary/aromatic N) is 2. The molecule has 0 bridgehead atoms. The molecule has 1 aliphatic heterocycles. The predicted molar refractivity (Wildman–Crippen MR) is 113 cm³/mol. The van der Waals surface area contributed by atoms with Gasteiger partial charge in [-0.2, -0.15) is 0 Å². The summed E-state index contributed by atoms with van der Waals surface area (Å²) >= 11 is 1.56. The van der Waals surface area contributed by atoms with Crippen molar-refractivity contribution >= 4 is 45.0 Å². The third-order valence-electron chi connectivity index (χ3n) is 5.61. The molecule has 1 fully saturated rings.